The topological polar surface area (TPSA) is 3.24 Å². The van der Waals surface area contributed by atoms with Gasteiger partial charge in [0, 0.05) is 12.6 Å². The number of hydrogen-bond acceptors (Lipinski definition) is 1. The third kappa shape index (κ3) is 1.72. The second-order valence-corrected chi connectivity index (χ2v) is 3.62. The Kier molecular flexibility index (Phi) is 2.72. The van der Waals surface area contributed by atoms with Crippen LogP contribution in [-0.2, 0) is 0 Å². The molecule has 1 rings (SSSR count). The van der Waals surface area contributed by atoms with Crippen molar-refractivity contribution in [2.75, 3.05) is 13.1 Å². The minimum atomic E-state index is 0.834. The number of hydrogen-bond donors (Lipinski definition) is 0. The van der Waals surface area contributed by atoms with Gasteiger partial charge in [-0.05, 0) is 32.2 Å². The molecule has 1 nitrogen and oxygen atoms in total. The van der Waals surface area contributed by atoms with Gasteiger partial charge in [-0.2, -0.15) is 0 Å². The molecular weight excluding hydrogens is 122 g/mol. The van der Waals surface area contributed by atoms with Gasteiger partial charge in [0.2, 0.25) is 0 Å². The number of likely N-dealkylation sites (tertiary alicyclic amines) is 1. The molecule has 0 aromatic heterocycles. The number of piperidine rings is 1. The highest BCUT2D eigenvalue weighted by atomic mass is 15.2. The summed E-state index contributed by atoms with van der Waals surface area (Å²) in [7, 11) is 0. The van der Waals surface area contributed by atoms with E-state index < -0.39 is 0 Å². The fraction of sp³-hybridized carbons (Fsp3) is 1.00. The third-order valence-corrected chi connectivity index (χ3v) is 2.65. The maximum Gasteiger partial charge on any atom is 0.00670 e. The largest absolute Gasteiger partial charge is 0.301 e. The Hall–Kier alpha value is -0.0400. The lowest BCUT2D eigenvalue weighted by Crippen LogP contribution is -2.40. The smallest absolute Gasteiger partial charge is 0.00670 e. The quantitative estimate of drug-likeness (QED) is 0.540. The zero-order valence-electron chi connectivity index (χ0n) is 7.43. The minimum Gasteiger partial charge on any atom is -0.301 e. The van der Waals surface area contributed by atoms with Crippen molar-refractivity contribution in [3.05, 3.63) is 0 Å². The van der Waals surface area contributed by atoms with Gasteiger partial charge >= 0.3 is 0 Å². The van der Waals surface area contributed by atoms with Gasteiger partial charge in [0.1, 0.15) is 0 Å². The van der Waals surface area contributed by atoms with Crippen LogP contribution >= 0.6 is 0 Å². The zero-order valence-corrected chi connectivity index (χ0v) is 7.43. The van der Waals surface area contributed by atoms with E-state index in [9.17, 15) is 0 Å². The highest BCUT2D eigenvalue weighted by Crippen LogP contribution is 2.20. The molecule has 0 N–H and O–H groups in total. The molecule has 1 aliphatic rings. The lowest BCUT2D eigenvalue weighted by molar-refractivity contribution is 0.132. The molecule has 1 heteroatoms. The lowest BCUT2D eigenvalue weighted by atomic mass is 9.95. The minimum absolute atomic E-state index is 0.834. The highest BCUT2D eigenvalue weighted by molar-refractivity contribution is 4.75. The average molecular weight is 141 g/mol. The van der Waals surface area contributed by atoms with Crippen molar-refractivity contribution in [1.82, 2.24) is 4.90 Å². The molecule has 1 aliphatic heterocycles. The molecule has 1 fully saturated rings. The van der Waals surface area contributed by atoms with Gasteiger partial charge in [-0.1, -0.05) is 13.8 Å². The van der Waals surface area contributed by atoms with Crippen molar-refractivity contribution in [2.45, 2.75) is 39.7 Å². The van der Waals surface area contributed by atoms with Crippen molar-refractivity contribution in [3.8, 4) is 0 Å². The van der Waals surface area contributed by atoms with Crippen molar-refractivity contribution >= 4 is 0 Å². The van der Waals surface area contributed by atoms with Crippen LogP contribution in [0.1, 0.15) is 33.6 Å². The van der Waals surface area contributed by atoms with Crippen LogP contribution in [0.4, 0.5) is 0 Å². The predicted octanol–water partition coefficient (Wildman–Crippen LogP) is 2.13. The maximum atomic E-state index is 2.58. The second-order valence-electron chi connectivity index (χ2n) is 3.62. The van der Waals surface area contributed by atoms with Crippen LogP contribution in [0.2, 0.25) is 0 Å². The molecule has 0 spiro atoms. The van der Waals surface area contributed by atoms with E-state index in [-0.39, 0.29) is 0 Å². The molecule has 0 aromatic carbocycles. The summed E-state index contributed by atoms with van der Waals surface area (Å²) in [5.41, 5.74) is 0. The highest BCUT2D eigenvalue weighted by Gasteiger charge is 2.20. The van der Waals surface area contributed by atoms with Crippen molar-refractivity contribution in [1.29, 1.82) is 0 Å². The summed E-state index contributed by atoms with van der Waals surface area (Å²) in [6, 6.07) is 0.834. The Balaban J connectivity index is 2.38. The molecule has 0 bridgehead atoms. The molecule has 1 unspecified atom stereocenters. The van der Waals surface area contributed by atoms with Crippen molar-refractivity contribution in [2.24, 2.45) is 5.92 Å². The van der Waals surface area contributed by atoms with Gasteiger partial charge in [-0.3, -0.25) is 0 Å². The Labute approximate surface area is 64.4 Å². The van der Waals surface area contributed by atoms with Crippen LogP contribution in [0, 0.1) is 5.92 Å². The van der Waals surface area contributed by atoms with Gasteiger partial charge in [0.15, 0.2) is 0 Å². The first kappa shape index (κ1) is 8.06. The monoisotopic (exact) mass is 141 g/mol. The number of rotatable bonds is 1. The summed E-state index contributed by atoms with van der Waals surface area (Å²) in [6.45, 7) is 9.50. The molecular formula is C9H19N. The SMILES string of the molecule is CCN1C[C@@H](C)CCC1C. The Morgan fingerprint density at radius 2 is 2.00 bits per heavy atom. The fourth-order valence-electron chi connectivity index (χ4n) is 1.82. The summed E-state index contributed by atoms with van der Waals surface area (Å²) in [6.07, 6.45) is 2.83. The van der Waals surface area contributed by atoms with Crippen LogP contribution in [0.5, 0.6) is 0 Å². The van der Waals surface area contributed by atoms with E-state index in [1.165, 1.54) is 25.9 Å². The number of nitrogens with zero attached hydrogens (tertiary/aromatic N) is 1. The molecule has 2 atom stereocenters. The molecule has 1 heterocycles. The van der Waals surface area contributed by atoms with E-state index in [0.717, 1.165) is 12.0 Å². The van der Waals surface area contributed by atoms with Gasteiger partial charge in [0.25, 0.3) is 0 Å². The van der Waals surface area contributed by atoms with Crippen molar-refractivity contribution < 1.29 is 0 Å². The lowest BCUT2D eigenvalue weighted by Gasteiger charge is -2.35. The second kappa shape index (κ2) is 3.38. The Bertz CT molecular complexity index is 101. The first-order valence-corrected chi connectivity index (χ1v) is 4.48. The molecule has 10 heavy (non-hydrogen) atoms. The van der Waals surface area contributed by atoms with Crippen LogP contribution in [0.25, 0.3) is 0 Å². The molecule has 0 saturated carbocycles. The first-order chi connectivity index (χ1) is 4.74. The van der Waals surface area contributed by atoms with E-state index >= 15 is 0 Å². The molecule has 0 aromatic rings. The Morgan fingerprint density at radius 3 is 2.50 bits per heavy atom. The van der Waals surface area contributed by atoms with Gasteiger partial charge < -0.3 is 4.90 Å². The van der Waals surface area contributed by atoms with Crippen LogP contribution < -0.4 is 0 Å². The van der Waals surface area contributed by atoms with Gasteiger partial charge in [-0.25, -0.2) is 0 Å². The maximum absolute atomic E-state index is 2.58. The van der Waals surface area contributed by atoms with Crippen LogP contribution in [0.15, 0.2) is 0 Å². The zero-order chi connectivity index (χ0) is 7.56. The third-order valence-electron chi connectivity index (χ3n) is 2.65. The molecule has 1 saturated heterocycles. The summed E-state index contributed by atoms with van der Waals surface area (Å²) < 4.78 is 0. The van der Waals surface area contributed by atoms with E-state index in [4.69, 9.17) is 0 Å². The van der Waals surface area contributed by atoms with Crippen LogP contribution in [0.3, 0.4) is 0 Å². The fourth-order valence-corrected chi connectivity index (χ4v) is 1.82. The molecule has 0 amide bonds. The standard InChI is InChI=1S/C9H19N/c1-4-10-7-8(2)5-6-9(10)3/h8-9H,4-7H2,1-3H3/t8-,9?/m0/s1. The van der Waals surface area contributed by atoms with Gasteiger partial charge in [0.05, 0.1) is 0 Å². The predicted molar refractivity (Wildman–Crippen MR) is 45.1 cm³/mol. The van der Waals surface area contributed by atoms with E-state index in [2.05, 4.69) is 25.7 Å². The van der Waals surface area contributed by atoms with E-state index in [1.54, 1.807) is 0 Å². The average Bonchev–Trinajstić information content (AvgIpc) is 1.94. The Morgan fingerprint density at radius 1 is 1.30 bits per heavy atom. The molecule has 0 radical (unpaired) electrons. The van der Waals surface area contributed by atoms with E-state index in [1.807, 2.05) is 0 Å². The van der Waals surface area contributed by atoms with Crippen molar-refractivity contribution in [3.63, 3.8) is 0 Å². The summed E-state index contributed by atoms with van der Waals surface area (Å²) in [4.78, 5) is 2.58. The summed E-state index contributed by atoms with van der Waals surface area (Å²) >= 11 is 0. The molecule has 60 valence electrons. The summed E-state index contributed by atoms with van der Waals surface area (Å²) in [5.74, 6) is 0.927. The molecule has 0 aliphatic carbocycles. The van der Waals surface area contributed by atoms with Gasteiger partial charge in [-0.15, -0.1) is 0 Å². The summed E-state index contributed by atoms with van der Waals surface area (Å²) in [5, 5.41) is 0. The van der Waals surface area contributed by atoms with Crippen LogP contribution in [-0.4, -0.2) is 24.0 Å². The van der Waals surface area contributed by atoms with E-state index in [0.29, 0.717) is 0 Å². The first-order valence-electron chi connectivity index (χ1n) is 4.48. The normalized spacial score (nSPS) is 36.3.